The second-order valence-corrected chi connectivity index (χ2v) is 5.47. The van der Waals surface area contributed by atoms with E-state index in [9.17, 15) is 9.59 Å². The molecule has 108 valence electrons. The normalized spacial score (nSPS) is 10.9. The lowest BCUT2D eigenvalue weighted by Gasteiger charge is -2.04. The highest BCUT2D eigenvalue weighted by Crippen LogP contribution is 2.15. The van der Waals surface area contributed by atoms with Crippen LogP contribution in [0.25, 0.3) is 10.8 Å². The topological polar surface area (TPSA) is 92.7 Å². The minimum Gasteiger partial charge on any atom is -0.360 e. The third kappa shape index (κ3) is 2.57. The average Bonchev–Trinajstić information content (AvgIpc) is 2.92. The van der Waals surface area contributed by atoms with Crippen LogP contribution in [0.3, 0.4) is 0 Å². The van der Waals surface area contributed by atoms with Crippen LogP contribution in [0.4, 0.5) is 5.13 Å². The number of aromatic amines is 1. The molecule has 0 radical (unpaired) electrons. The predicted molar refractivity (Wildman–Crippen MR) is 82.0 cm³/mol. The summed E-state index contributed by atoms with van der Waals surface area (Å²) in [6, 6.07) is 6.75. The van der Waals surface area contributed by atoms with Crippen molar-refractivity contribution in [2.45, 2.75) is 13.5 Å². The molecule has 0 spiro atoms. The minimum absolute atomic E-state index is 0.196. The lowest BCUT2D eigenvalue weighted by Crippen LogP contribution is -2.30. The molecule has 0 aliphatic carbocycles. The third-order valence-electron chi connectivity index (χ3n) is 2.97. The van der Waals surface area contributed by atoms with E-state index in [2.05, 4.69) is 20.6 Å². The number of rotatable bonds is 4. The van der Waals surface area contributed by atoms with Crippen LogP contribution in [0.5, 0.6) is 0 Å². The van der Waals surface area contributed by atoms with Crippen molar-refractivity contribution in [1.29, 1.82) is 0 Å². The van der Waals surface area contributed by atoms with Crippen LogP contribution in [-0.2, 0) is 6.54 Å². The average molecular weight is 303 g/mol. The first-order valence-electron chi connectivity index (χ1n) is 6.47. The number of nitrogens with one attached hydrogen (secondary N) is 2. The zero-order valence-electron chi connectivity index (χ0n) is 11.3. The Kier molecular flexibility index (Phi) is 3.53. The van der Waals surface area contributed by atoms with Gasteiger partial charge in [-0.05, 0) is 19.1 Å². The summed E-state index contributed by atoms with van der Waals surface area (Å²) in [5.74, 6) is 0. The predicted octanol–water partition coefficient (Wildman–Crippen LogP) is 1.02. The smallest absolute Gasteiger partial charge is 0.273 e. The van der Waals surface area contributed by atoms with Gasteiger partial charge in [0, 0.05) is 6.54 Å². The SMILES string of the molecule is CCNc1nnc(Cn2[nH]c(=O)c3ccccc3c2=O)s1. The molecule has 2 aromatic heterocycles. The summed E-state index contributed by atoms with van der Waals surface area (Å²) in [6.07, 6.45) is 0. The Balaban J connectivity index is 2.02. The van der Waals surface area contributed by atoms with E-state index in [4.69, 9.17) is 0 Å². The van der Waals surface area contributed by atoms with Crippen LogP contribution in [0.2, 0.25) is 0 Å². The van der Waals surface area contributed by atoms with Crippen LogP contribution in [0.15, 0.2) is 33.9 Å². The number of anilines is 1. The molecule has 0 amide bonds. The molecular formula is C13H13N5O2S. The fraction of sp³-hybridized carbons (Fsp3) is 0.231. The van der Waals surface area contributed by atoms with Crippen molar-refractivity contribution in [2.75, 3.05) is 11.9 Å². The van der Waals surface area contributed by atoms with Crippen LogP contribution in [0.1, 0.15) is 11.9 Å². The van der Waals surface area contributed by atoms with Gasteiger partial charge in [-0.25, -0.2) is 4.68 Å². The van der Waals surface area contributed by atoms with Crippen molar-refractivity contribution >= 4 is 27.2 Å². The zero-order valence-corrected chi connectivity index (χ0v) is 12.1. The molecule has 0 atom stereocenters. The van der Waals surface area contributed by atoms with Crippen LogP contribution < -0.4 is 16.4 Å². The fourth-order valence-corrected chi connectivity index (χ4v) is 2.83. The van der Waals surface area contributed by atoms with Crippen molar-refractivity contribution in [3.05, 3.63) is 50.0 Å². The number of fused-ring (bicyclic) bond motifs is 1. The minimum atomic E-state index is -0.290. The molecule has 3 rings (SSSR count). The van der Waals surface area contributed by atoms with Gasteiger partial charge in [-0.1, -0.05) is 23.5 Å². The van der Waals surface area contributed by atoms with E-state index in [-0.39, 0.29) is 17.7 Å². The van der Waals surface area contributed by atoms with E-state index >= 15 is 0 Å². The number of nitrogens with zero attached hydrogens (tertiary/aromatic N) is 3. The molecule has 0 bridgehead atoms. The van der Waals surface area contributed by atoms with E-state index < -0.39 is 0 Å². The van der Waals surface area contributed by atoms with Crippen LogP contribution in [0, 0.1) is 0 Å². The molecule has 0 fully saturated rings. The highest BCUT2D eigenvalue weighted by atomic mass is 32.1. The fourth-order valence-electron chi connectivity index (χ4n) is 2.03. The van der Waals surface area contributed by atoms with Crippen molar-refractivity contribution in [2.24, 2.45) is 0 Å². The molecule has 0 saturated carbocycles. The first-order valence-corrected chi connectivity index (χ1v) is 7.29. The summed E-state index contributed by atoms with van der Waals surface area (Å²) >= 11 is 1.36. The summed E-state index contributed by atoms with van der Waals surface area (Å²) in [6.45, 7) is 2.91. The lowest BCUT2D eigenvalue weighted by atomic mass is 10.2. The van der Waals surface area contributed by atoms with E-state index in [1.165, 1.54) is 16.0 Å². The Bertz CT molecular complexity index is 895. The molecule has 21 heavy (non-hydrogen) atoms. The largest absolute Gasteiger partial charge is 0.360 e. The van der Waals surface area contributed by atoms with E-state index in [0.717, 1.165) is 6.54 Å². The Morgan fingerprint density at radius 2 is 2.00 bits per heavy atom. The second kappa shape index (κ2) is 5.49. The molecular weight excluding hydrogens is 290 g/mol. The van der Waals surface area contributed by atoms with Crippen LogP contribution in [-0.4, -0.2) is 26.5 Å². The molecule has 2 heterocycles. The lowest BCUT2D eigenvalue weighted by molar-refractivity contribution is 0.630. The van der Waals surface area contributed by atoms with Crippen molar-refractivity contribution in [3.8, 4) is 0 Å². The number of hydrogen-bond donors (Lipinski definition) is 2. The molecule has 3 aromatic rings. The van der Waals surface area contributed by atoms with Gasteiger partial charge < -0.3 is 5.32 Å². The summed E-state index contributed by atoms with van der Waals surface area (Å²) in [5.41, 5.74) is -0.535. The molecule has 8 heteroatoms. The summed E-state index contributed by atoms with van der Waals surface area (Å²) in [4.78, 5) is 24.3. The summed E-state index contributed by atoms with van der Waals surface area (Å²) in [7, 11) is 0. The van der Waals surface area contributed by atoms with Gasteiger partial charge in [0.1, 0.15) is 5.01 Å². The van der Waals surface area contributed by atoms with Gasteiger partial charge in [-0.15, -0.1) is 10.2 Å². The molecule has 0 aliphatic heterocycles. The summed E-state index contributed by atoms with van der Waals surface area (Å²) < 4.78 is 1.26. The Labute approximate surface area is 123 Å². The molecule has 1 aromatic carbocycles. The number of aromatic nitrogens is 4. The van der Waals surface area contributed by atoms with Gasteiger partial charge in [0.05, 0.1) is 17.3 Å². The maximum absolute atomic E-state index is 12.4. The van der Waals surface area contributed by atoms with E-state index in [1.54, 1.807) is 24.3 Å². The number of benzene rings is 1. The van der Waals surface area contributed by atoms with Gasteiger partial charge in [0.25, 0.3) is 11.1 Å². The maximum atomic E-state index is 12.4. The Morgan fingerprint density at radius 3 is 2.76 bits per heavy atom. The van der Waals surface area contributed by atoms with Crippen molar-refractivity contribution < 1.29 is 0 Å². The molecule has 0 aliphatic rings. The van der Waals surface area contributed by atoms with Gasteiger partial charge >= 0.3 is 0 Å². The van der Waals surface area contributed by atoms with Gasteiger partial charge in [0.2, 0.25) is 5.13 Å². The van der Waals surface area contributed by atoms with Crippen molar-refractivity contribution in [3.63, 3.8) is 0 Å². The van der Waals surface area contributed by atoms with Crippen LogP contribution >= 0.6 is 11.3 Å². The van der Waals surface area contributed by atoms with Gasteiger partial charge in [-0.2, -0.15) is 0 Å². The van der Waals surface area contributed by atoms with E-state index in [1.807, 2.05) is 6.92 Å². The Hall–Kier alpha value is -2.48. The monoisotopic (exact) mass is 303 g/mol. The second-order valence-electron chi connectivity index (χ2n) is 4.41. The number of hydrogen-bond acceptors (Lipinski definition) is 6. The highest BCUT2D eigenvalue weighted by Gasteiger charge is 2.09. The van der Waals surface area contributed by atoms with Gasteiger partial charge in [0.15, 0.2) is 0 Å². The maximum Gasteiger partial charge on any atom is 0.273 e. The number of H-pyrrole nitrogens is 1. The Morgan fingerprint density at radius 1 is 1.24 bits per heavy atom. The molecule has 0 saturated heterocycles. The first-order chi connectivity index (χ1) is 10.2. The summed E-state index contributed by atoms with van der Waals surface area (Å²) in [5, 5.41) is 15.7. The highest BCUT2D eigenvalue weighted by molar-refractivity contribution is 7.15. The third-order valence-corrected chi connectivity index (χ3v) is 3.84. The van der Waals surface area contributed by atoms with Gasteiger partial charge in [-0.3, -0.25) is 14.7 Å². The molecule has 2 N–H and O–H groups in total. The van der Waals surface area contributed by atoms with E-state index in [0.29, 0.717) is 20.9 Å². The quantitative estimate of drug-likeness (QED) is 0.750. The van der Waals surface area contributed by atoms with Crippen molar-refractivity contribution in [1.82, 2.24) is 20.0 Å². The first kappa shape index (κ1) is 13.5. The molecule has 0 unspecified atom stereocenters. The zero-order chi connectivity index (χ0) is 14.8. The molecule has 7 nitrogen and oxygen atoms in total. The standard InChI is InChI=1S/C13H13N5O2S/c1-2-14-13-16-15-10(21-13)7-18-12(20)9-6-4-3-5-8(9)11(19)17-18/h3-6H,2,7H2,1H3,(H,14,16)(H,17,19).